The van der Waals surface area contributed by atoms with Gasteiger partial charge < -0.3 is 10.1 Å². The van der Waals surface area contributed by atoms with E-state index >= 15 is 0 Å². The van der Waals surface area contributed by atoms with Crippen LogP contribution in [0.5, 0.6) is 5.75 Å². The van der Waals surface area contributed by atoms with E-state index in [2.05, 4.69) is 11.9 Å². The molecule has 0 heterocycles. The van der Waals surface area contributed by atoms with Crippen LogP contribution >= 0.6 is 0 Å². The second-order valence-electron chi connectivity index (χ2n) is 5.44. The van der Waals surface area contributed by atoms with Gasteiger partial charge in [-0.05, 0) is 36.3 Å². The van der Waals surface area contributed by atoms with Crippen LogP contribution in [-0.2, 0) is 4.79 Å². The van der Waals surface area contributed by atoms with Gasteiger partial charge in [-0.2, -0.15) is 5.26 Å². The first-order valence-electron chi connectivity index (χ1n) is 7.95. The molecular weight excluding hydrogens is 312 g/mol. The van der Waals surface area contributed by atoms with Gasteiger partial charge in [-0.3, -0.25) is 4.79 Å². The number of ether oxygens (including phenoxy) is 1. The summed E-state index contributed by atoms with van der Waals surface area (Å²) in [5, 5.41) is 12.1. The average Bonchev–Trinajstić information content (AvgIpc) is 2.65. The number of carbonyl (C=O) groups excluding carboxylic acids is 1. The maximum Gasteiger partial charge on any atom is 0.262 e. The van der Waals surface area contributed by atoms with E-state index in [1.54, 1.807) is 36.4 Å². The van der Waals surface area contributed by atoms with Gasteiger partial charge in [-0.15, -0.1) is 0 Å². The highest BCUT2D eigenvalue weighted by atomic mass is 16.5. The molecule has 0 aliphatic heterocycles. The molecule has 1 N–H and O–H groups in total. The number of nitrogens with zero attached hydrogens (tertiary/aromatic N) is 1. The molecule has 0 spiro atoms. The number of hydrogen-bond donors (Lipinski definition) is 1. The molecule has 1 amide bonds. The standard InChI is InChI=1S/C21H20N2O2/c1-3-13-25-20-11-9-17(10-12-20)14-19(15-22)21(24)23-16(2)18-7-5-4-6-8-18/h3-12,14,16H,1,13H2,2H3,(H,23,24)/b19-14+/t16-/m0/s1. The number of rotatable bonds is 7. The quantitative estimate of drug-likeness (QED) is 0.473. The zero-order chi connectivity index (χ0) is 18.1. The molecule has 1 atom stereocenters. The predicted molar refractivity (Wildman–Crippen MR) is 98.7 cm³/mol. The van der Waals surface area contributed by atoms with Crippen molar-refractivity contribution in [3.63, 3.8) is 0 Å². The Bertz CT molecular complexity index is 787. The molecule has 4 nitrogen and oxygen atoms in total. The fourth-order valence-electron chi connectivity index (χ4n) is 2.23. The lowest BCUT2D eigenvalue weighted by Gasteiger charge is -2.13. The third-order valence-electron chi connectivity index (χ3n) is 3.57. The van der Waals surface area contributed by atoms with Crippen molar-refractivity contribution < 1.29 is 9.53 Å². The third-order valence-corrected chi connectivity index (χ3v) is 3.57. The lowest BCUT2D eigenvalue weighted by atomic mass is 10.1. The topological polar surface area (TPSA) is 62.1 Å². The highest BCUT2D eigenvalue weighted by Crippen LogP contribution is 2.16. The van der Waals surface area contributed by atoms with Gasteiger partial charge in [0.2, 0.25) is 0 Å². The van der Waals surface area contributed by atoms with Crippen molar-refractivity contribution in [1.29, 1.82) is 5.26 Å². The van der Waals surface area contributed by atoms with Crippen molar-refractivity contribution in [3.05, 3.63) is 84.0 Å². The lowest BCUT2D eigenvalue weighted by Crippen LogP contribution is -2.27. The van der Waals surface area contributed by atoms with E-state index in [-0.39, 0.29) is 11.6 Å². The van der Waals surface area contributed by atoms with Crippen LogP contribution in [0.1, 0.15) is 24.1 Å². The molecule has 0 aliphatic carbocycles. The van der Waals surface area contributed by atoms with Crippen molar-refractivity contribution in [2.24, 2.45) is 0 Å². The molecule has 0 saturated heterocycles. The van der Waals surface area contributed by atoms with E-state index in [9.17, 15) is 10.1 Å². The summed E-state index contributed by atoms with van der Waals surface area (Å²) in [6.07, 6.45) is 3.23. The Morgan fingerprint density at radius 1 is 1.24 bits per heavy atom. The molecule has 2 rings (SSSR count). The van der Waals surface area contributed by atoms with E-state index in [0.717, 1.165) is 11.1 Å². The van der Waals surface area contributed by atoms with Crippen LogP contribution in [0.3, 0.4) is 0 Å². The zero-order valence-electron chi connectivity index (χ0n) is 14.1. The molecule has 0 aromatic heterocycles. The van der Waals surface area contributed by atoms with Gasteiger partial charge in [0.25, 0.3) is 5.91 Å². The molecule has 4 heteroatoms. The molecule has 0 saturated carbocycles. The van der Waals surface area contributed by atoms with E-state index in [1.807, 2.05) is 43.3 Å². The molecule has 0 radical (unpaired) electrons. The Morgan fingerprint density at radius 2 is 1.92 bits per heavy atom. The van der Waals surface area contributed by atoms with E-state index < -0.39 is 5.91 Å². The van der Waals surface area contributed by atoms with Crippen LogP contribution in [0.15, 0.2) is 72.8 Å². The first-order valence-corrected chi connectivity index (χ1v) is 7.95. The van der Waals surface area contributed by atoms with Gasteiger partial charge >= 0.3 is 0 Å². The second-order valence-corrected chi connectivity index (χ2v) is 5.44. The van der Waals surface area contributed by atoms with Gasteiger partial charge in [0.1, 0.15) is 24.0 Å². The minimum Gasteiger partial charge on any atom is -0.490 e. The SMILES string of the molecule is C=CCOc1ccc(/C=C(\C#N)C(=O)N[C@@H](C)c2ccccc2)cc1. The van der Waals surface area contributed by atoms with Crippen LogP contribution < -0.4 is 10.1 Å². The lowest BCUT2D eigenvalue weighted by molar-refractivity contribution is -0.117. The predicted octanol–water partition coefficient (Wildman–Crippen LogP) is 4.04. The average molecular weight is 332 g/mol. The van der Waals surface area contributed by atoms with Crippen molar-refractivity contribution in [1.82, 2.24) is 5.32 Å². The molecule has 25 heavy (non-hydrogen) atoms. The number of hydrogen-bond acceptors (Lipinski definition) is 3. The van der Waals surface area contributed by atoms with Crippen molar-refractivity contribution in [3.8, 4) is 11.8 Å². The number of amides is 1. The van der Waals surface area contributed by atoms with Crippen LogP contribution in [0.25, 0.3) is 6.08 Å². The number of benzene rings is 2. The maximum atomic E-state index is 12.3. The summed E-state index contributed by atoms with van der Waals surface area (Å²) >= 11 is 0. The first-order chi connectivity index (χ1) is 12.1. The third kappa shape index (κ3) is 5.36. The van der Waals surface area contributed by atoms with Crippen LogP contribution in [0.2, 0.25) is 0 Å². The van der Waals surface area contributed by atoms with Gasteiger partial charge in [0.05, 0.1) is 6.04 Å². The Hall–Kier alpha value is -3.32. The number of carbonyl (C=O) groups is 1. The molecule has 0 aliphatic rings. The number of nitriles is 1. The summed E-state index contributed by atoms with van der Waals surface area (Å²) in [6, 6.07) is 18.6. The van der Waals surface area contributed by atoms with E-state index in [4.69, 9.17) is 4.74 Å². The molecule has 126 valence electrons. The summed E-state index contributed by atoms with van der Waals surface area (Å²) in [5.74, 6) is 0.309. The first kappa shape index (κ1) is 18.0. The summed E-state index contributed by atoms with van der Waals surface area (Å²) < 4.78 is 5.41. The molecule has 0 bridgehead atoms. The number of nitrogens with one attached hydrogen (secondary N) is 1. The van der Waals surface area contributed by atoms with Crippen LogP contribution in [-0.4, -0.2) is 12.5 Å². The highest BCUT2D eigenvalue weighted by molar-refractivity contribution is 6.01. The van der Waals surface area contributed by atoms with Gasteiger partial charge in [-0.25, -0.2) is 0 Å². The van der Waals surface area contributed by atoms with E-state index in [1.165, 1.54) is 0 Å². The normalized spacial score (nSPS) is 11.9. The Balaban J connectivity index is 2.07. The minimum atomic E-state index is -0.397. The van der Waals surface area contributed by atoms with Crippen LogP contribution in [0, 0.1) is 11.3 Å². The Morgan fingerprint density at radius 3 is 2.52 bits per heavy atom. The van der Waals surface area contributed by atoms with Gasteiger partial charge in [0.15, 0.2) is 0 Å². The molecular formula is C21H20N2O2. The molecule has 0 fully saturated rings. The summed E-state index contributed by atoms with van der Waals surface area (Å²) in [6.45, 7) is 5.91. The zero-order valence-corrected chi connectivity index (χ0v) is 14.1. The largest absolute Gasteiger partial charge is 0.490 e. The van der Waals surface area contributed by atoms with E-state index in [0.29, 0.717) is 12.4 Å². The monoisotopic (exact) mass is 332 g/mol. The maximum absolute atomic E-state index is 12.3. The van der Waals surface area contributed by atoms with Crippen molar-refractivity contribution in [2.75, 3.05) is 6.61 Å². The summed E-state index contributed by atoms with van der Waals surface area (Å²) in [4.78, 5) is 12.3. The highest BCUT2D eigenvalue weighted by Gasteiger charge is 2.13. The molecule has 2 aromatic rings. The molecule has 0 unspecified atom stereocenters. The Kier molecular flexibility index (Phi) is 6.56. The Labute approximate surface area is 148 Å². The van der Waals surface area contributed by atoms with Gasteiger partial charge in [-0.1, -0.05) is 55.1 Å². The fraction of sp³-hybridized carbons (Fsp3) is 0.143. The summed E-state index contributed by atoms with van der Waals surface area (Å²) in [5.41, 5.74) is 1.80. The second kappa shape index (κ2) is 9.09. The van der Waals surface area contributed by atoms with Gasteiger partial charge in [0, 0.05) is 0 Å². The molecule has 2 aromatic carbocycles. The fourth-order valence-corrected chi connectivity index (χ4v) is 2.23. The minimum absolute atomic E-state index is 0.0579. The van der Waals surface area contributed by atoms with Crippen molar-refractivity contribution >= 4 is 12.0 Å². The van der Waals surface area contributed by atoms with Crippen LogP contribution in [0.4, 0.5) is 0 Å². The van der Waals surface area contributed by atoms with Crippen molar-refractivity contribution in [2.45, 2.75) is 13.0 Å². The smallest absolute Gasteiger partial charge is 0.262 e. The summed E-state index contributed by atoms with van der Waals surface area (Å²) in [7, 11) is 0.